The maximum atomic E-state index is 4.44. The second-order valence-electron chi connectivity index (χ2n) is 7.87. The number of hydrogen-bond acceptors (Lipinski definition) is 2. The van der Waals surface area contributed by atoms with Crippen LogP contribution >= 0.6 is 15.9 Å². The zero-order valence-corrected chi connectivity index (χ0v) is 18.1. The lowest BCUT2D eigenvalue weighted by atomic mass is 9.78. The normalized spacial score (nSPS) is 20.4. The molecule has 148 valence electrons. The van der Waals surface area contributed by atoms with E-state index in [0.29, 0.717) is 12.0 Å². The van der Waals surface area contributed by atoms with Crippen molar-refractivity contribution in [3.05, 3.63) is 69.7 Å². The number of guanidine groups is 1. The minimum Gasteiger partial charge on any atom is -0.356 e. The first kappa shape index (κ1) is 19.5. The number of nitrogens with one attached hydrogen (secondary N) is 2. The highest BCUT2D eigenvalue weighted by molar-refractivity contribution is 9.10. The summed E-state index contributed by atoms with van der Waals surface area (Å²) in [5, 5.41) is 7.17. The Morgan fingerprint density at radius 1 is 1.11 bits per heavy atom. The van der Waals surface area contributed by atoms with Crippen molar-refractivity contribution < 1.29 is 0 Å². The van der Waals surface area contributed by atoms with E-state index in [2.05, 4.69) is 85.0 Å². The summed E-state index contributed by atoms with van der Waals surface area (Å²) < 4.78 is 1.14. The number of halogens is 1. The molecule has 1 atom stereocenters. The highest BCUT2D eigenvalue weighted by Crippen LogP contribution is 2.33. The number of likely N-dealkylation sites (tertiary alicyclic amines) is 1. The summed E-state index contributed by atoms with van der Waals surface area (Å²) in [5.74, 6) is 1.55. The first-order chi connectivity index (χ1) is 13.7. The smallest absolute Gasteiger partial charge is 0.191 e. The number of hydrogen-bond donors (Lipinski definition) is 2. The number of rotatable bonds is 5. The van der Waals surface area contributed by atoms with E-state index >= 15 is 0 Å². The average molecular weight is 441 g/mol. The van der Waals surface area contributed by atoms with Crippen LogP contribution in [0.25, 0.3) is 0 Å². The Kier molecular flexibility index (Phi) is 6.33. The summed E-state index contributed by atoms with van der Waals surface area (Å²) in [5.41, 5.74) is 4.37. The van der Waals surface area contributed by atoms with Gasteiger partial charge >= 0.3 is 0 Å². The van der Waals surface area contributed by atoms with Gasteiger partial charge in [-0.3, -0.25) is 9.89 Å². The standard InChI is InChI=1S/C23H29BrN4/c1-25-23(26-15-19-14-18-4-2-3-5-22(18)19)27-21-10-12-28(13-11-21)16-17-6-8-20(24)9-7-17/h2-9,19,21H,10-16H2,1H3,(H2,25,26,27). The molecule has 2 N–H and O–H groups in total. The zero-order chi connectivity index (χ0) is 19.3. The Balaban J connectivity index is 1.20. The van der Waals surface area contributed by atoms with Crippen LogP contribution in [-0.2, 0) is 13.0 Å². The van der Waals surface area contributed by atoms with Crippen molar-refractivity contribution in [3.8, 4) is 0 Å². The topological polar surface area (TPSA) is 39.7 Å². The molecule has 1 saturated heterocycles. The number of fused-ring (bicyclic) bond motifs is 1. The van der Waals surface area contributed by atoms with Crippen LogP contribution in [0, 0.1) is 0 Å². The van der Waals surface area contributed by atoms with Gasteiger partial charge in [-0.15, -0.1) is 0 Å². The molecule has 4 nitrogen and oxygen atoms in total. The van der Waals surface area contributed by atoms with Crippen molar-refractivity contribution in [2.24, 2.45) is 4.99 Å². The van der Waals surface area contributed by atoms with Crippen molar-refractivity contribution in [1.29, 1.82) is 0 Å². The molecule has 0 saturated carbocycles. The number of benzene rings is 2. The maximum Gasteiger partial charge on any atom is 0.191 e. The van der Waals surface area contributed by atoms with Crippen LogP contribution in [0.3, 0.4) is 0 Å². The molecule has 0 spiro atoms. The van der Waals surface area contributed by atoms with Crippen LogP contribution in [0.4, 0.5) is 0 Å². The molecule has 0 radical (unpaired) electrons. The molecule has 2 aromatic rings. The SMILES string of the molecule is CN=C(NCC1Cc2ccccc21)NC1CCN(Cc2ccc(Br)cc2)CC1. The molecular weight excluding hydrogens is 412 g/mol. The van der Waals surface area contributed by atoms with E-state index in [4.69, 9.17) is 0 Å². The predicted molar refractivity (Wildman–Crippen MR) is 120 cm³/mol. The highest BCUT2D eigenvalue weighted by atomic mass is 79.9. The molecule has 1 aliphatic carbocycles. The largest absolute Gasteiger partial charge is 0.356 e. The van der Waals surface area contributed by atoms with Gasteiger partial charge in [0.15, 0.2) is 5.96 Å². The molecule has 0 bridgehead atoms. The van der Waals surface area contributed by atoms with Gasteiger partial charge in [-0.25, -0.2) is 0 Å². The predicted octanol–water partition coefficient (Wildman–Crippen LogP) is 3.92. The van der Waals surface area contributed by atoms with Gasteiger partial charge in [-0.1, -0.05) is 52.3 Å². The molecule has 0 amide bonds. The zero-order valence-electron chi connectivity index (χ0n) is 16.5. The monoisotopic (exact) mass is 440 g/mol. The minimum atomic E-state index is 0.501. The molecule has 1 heterocycles. The molecule has 5 heteroatoms. The van der Waals surface area contributed by atoms with Gasteiger partial charge in [0, 0.05) is 49.7 Å². The molecule has 2 aliphatic rings. The quantitative estimate of drug-likeness (QED) is 0.546. The summed E-state index contributed by atoms with van der Waals surface area (Å²) in [6.07, 6.45) is 3.49. The molecule has 1 fully saturated rings. The number of piperidine rings is 1. The van der Waals surface area contributed by atoms with E-state index in [1.807, 2.05) is 7.05 Å². The first-order valence-electron chi connectivity index (χ1n) is 10.2. The second kappa shape index (κ2) is 9.10. The van der Waals surface area contributed by atoms with E-state index < -0.39 is 0 Å². The minimum absolute atomic E-state index is 0.501. The van der Waals surface area contributed by atoms with Gasteiger partial charge < -0.3 is 10.6 Å². The van der Waals surface area contributed by atoms with E-state index in [0.717, 1.165) is 49.5 Å². The average Bonchev–Trinajstić information content (AvgIpc) is 2.71. The summed E-state index contributed by atoms with van der Waals surface area (Å²) in [6, 6.07) is 17.9. The fourth-order valence-electron chi connectivity index (χ4n) is 4.24. The van der Waals surface area contributed by atoms with Crippen molar-refractivity contribution in [1.82, 2.24) is 15.5 Å². The van der Waals surface area contributed by atoms with Gasteiger partial charge in [-0.05, 0) is 48.1 Å². The summed E-state index contributed by atoms with van der Waals surface area (Å²) in [6.45, 7) is 4.24. The van der Waals surface area contributed by atoms with Gasteiger partial charge in [-0.2, -0.15) is 0 Å². The summed E-state index contributed by atoms with van der Waals surface area (Å²) >= 11 is 3.51. The third kappa shape index (κ3) is 4.76. The third-order valence-corrected chi connectivity index (χ3v) is 6.48. The van der Waals surface area contributed by atoms with Crippen LogP contribution in [0.5, 0.6) is 0 Å². The first-order valence-corrected chi connectivity index (χ1v) is 11.0. The fourth-order valence-corrected chi connectivity index (χ4v) is 4.50. The molecule has 0 aromatic heterocycles. The summed E-state index contributed by atoms with van der Waals surface area (Å²) in [4.78, 5) is 6.98. The maximum absolute atomic E-state index is 4.44. The second-order valence-corrected chi connectivity index (χ2v) is 8.79. The number of aliphatic imine (C=N–C) groups is 1. The van der Waals surface area contributed by atoms with Crippen LogP contribution in [-0.4, -0.2) is 43.6 Å². The Bertz CT molecular complexity index is 810. The van der Waals surface area contributed by atoms with Crippen LogP contribution in [0.1, 0.15) is 35.4 Å². The Morgan fingerprint density at radius 3 is 2.57 bits per heavy atom. The van der Waals surface area contributed by atoms with Gasteiger partial charge in [0.05, 0.1) is 0 Å². The van der Waals surface area contributed by atoms with Crippen molar-refractivity contribution in [2.75, 3.05) is 26.7 Å². The van der Waals surface area contributed by atoms with Gasteiger partial charge in [0.1, 0.15) is 0 Å². The van der Waals surface area contributed by atoms with Gasteiger partial charge in [0.25, 0.3) is 0 Å². The lowest BCUT2D eigenvalue weighted by molar-refractivity contribution is 0.198. The van der Waals surface area contributed by atoms with Crippen molar-refractivity contribution >= 4 is 21.9 Å². The Hall–Kier alpha value is -1.85. The van der Waals surface area contributed by atoms with Crippen LogP contribution in [0.15, 0.2) is 58.0 Å². The molecule has 1 unspecified atom stereocenters. The van der Waals surface area contributed by atoms with Crippen LogP contribution < -0.4 is 10.6 Å². The summed E-state index contributed by atoms with van der Waals surface area (Å²) in [7, 11) is 1.87. The molecular formula is C23H29BrN4. The van der Waals surface area contributed by atoms with E-state index in [1.54, 1.807) is 0 Å². The Morgan fingerprint density at radius 2 is 1.86 bits per heavy atom. The lowest BCUT2D eigenvalue weighted by Gasteiger charge is -2.34. The van der Waals surface area contributed by atoms with Gasteiger partial charge in [0.2, 0.25) is 0 Å². The molecule has 2 aromatic carbocycles. The highest BCUT2D eigenvalue weighted by Gasteiger charge is 2.26. The Labute approximate surface area is 176 Å². The third-order valence-electron chi connectivity index (χ3n) is 5.95. The lowest BCUT2D eigenvalue weighted by Crippen LogP contribution is -2.49. The van der Waals surface area contributed by atoms with E-state index in [1.165, 1.54) is 23.1 Å². The van der Waals surface area contributed by atoms with Crippen LogP contribution in [0.2, 0.25) is 0 Å². The van der Waals surface area contributed by atoms with E-state index in [-0.39, 0.29) is 0 Å². The van der Waals surface area contributed by atoms with Crippen molar-refractivity contribution in [2.45, 2.75) is 37.8 Å². The molecule has 4 rings (SSSR count). The number of nitrogens with zero attached hydrogens (tertiary/aromatic N) is 2. The molecule has 1 aliphatic heterocycles. The fraction of sp³-hybridized carbons (Fsp3) is 0.435. The van der Waals surface area contributed by atoms with E-state index in [9.17, 15) is 0 Å². The molecule has 28 heavy (non-hydrogen) atoms. The van der Waals surface area contributed by atoms with Crippen molar-refractivity contribution in [3.63, 3.8) is 0 Å².